The molecule has 0 spiro atoms. The number of carbonyl (C=O) groups excluding carboxylic acids is 1. The van der Waals surface area contributed by atoms with Crippen LogP contribution in [-0.4, -0.2) is 29.9 Å². The number of benzene rings is 1. The summed E-state index contributed by atoms with van der Waals surface area (Å²) >= 11 is 0. The lowest BCUT2D eigenvalue weighted by Gasteiger charge is -2.35. The zero-order valence-electron chi connectivity index (χ0n) is 12.8. The summed E-state index contributed by atoms with van der Waals surface area (Å²) in [5, 5.41) is 2.81. The molecular formula is C17H25FN2O. The molecule has 3 nitrogen and oxygen atoms in total. The molecule has 1 aromatic carbocycles. The second-order valence-corrected chi connectivity index (χ2v) is 5.71. The van der Waals surface area contributed by atoms with Crippen molar-refractivity contribution < 1.29 is 9.18 Å². The van der Waals surface area contributed by atoms with E-state index in [0.29, 0.717) is 18.0 Å². The fourth-order valence-electron chi connectivity index (χ4n) is 2.99. The van der Waals surface area contributed by atoms with E-state index in [1.807, 2.05) is 0 Å². The summed E-state index contributed by atoms with van der Waals surface area (Å²) in [4.78, 5) is 14.3. The van der Waals surface area contributed by atoms with Crippen molar-refractivity contribution in [3.8, 4) is 0 Å². The van der Waals surface area contributed by atoms with Crippen LogP contribution in [0.2, 0.25) is 0 Å². The minimum Gasteiger partial charge on any atom is -0.352 e. The molecule has 1 heterocycles. The van der Waals surface area contributed by atoms with E-state index in [2.05, 4.69) is 17.1 Å². The molecule has 4 heteroatoms. The van der Waals surface area contributed by atoms with Gasteiger partial charge < -0.3 is 5.32 Å². The molecule has 0 bridgehead atoms. The summed E-state index contributed by atoms with van der Waals surface area (Å²) < 4.78 is 13.5. The molecule has 21 heavy (non-hydrogen) atoms. The molecule has 2 rings (SSSR count). The van der Waals surface area contributed by atoms with Crippen LogP contribution in [0.5, 0.6) is 0 Å². The normalized spacial score (nSPS) is 19.4. The van der Waals surface area contributed by atoms with Crippen LogP contribution in [0.15, 0.2) is 24.3 Å². The molecule has 1 unspecified atom stereocenters. The van der Waals surface area contributed by atoms with Gasteiger partial charge >= 0.3 is 0 Å². The molecule has 1 aliphatic rings. The van der Waals surface area contributed by atoms with Crippen LogP contribution in [0.3, 0.4) is 0 Å². The fourth-order valence-corrected chi connectivity index (χ4v) is 2.99. The molecule has 1 aromatic rings. The summed E-state index contributed by atoms with van der Waals surface area (Å²) in [5.74, 6) is -0.265. The van der Waals surface area contributed by atoms with Crippen molar-refractivity contribution in [1.82, 2.24) is 10.2 Å². The Kier molecular flexibility index (Phi) is 6.18. The van der Waals surface area contributed by atoms with Gasteiger partial charge in [-0.2, -0.15) is 0 Å². The van der Waals surface area contributed by atoms with Crippen molar-refractivity contribution in [2.24, 2.45) is 0 Å². The van der Waals surface area contributed by atoms with Gasteiger partial charge in [-0.1, -0.05) is 31.5 Å². The molecule has 0 radical (unpaired) electrons. The molecule has 116 valence electrons. The predicted octanol–water partition coefficient (Wildman–Crippen LogP) is 3.10. The van der Waals surface area contributed by atoms with Crippen molar-refractivity contribution in [3.63, 3.8) is 0 Å². The average molecular weight is 292 g/mol. The molecule has 0 saturated carbocycles. The van der Waals surface area contributed by atoms with E-state index in [0.717, 1.165) is 19.5 Å². The Morgan fingerprint density at radius 1 is 1.38 bits per heavy atom. The van der Waals surface area contributed by atoms with Crippen LogP contribution in [-0.2, 0) is 11.3 Å². The van der Waals surface area contributed by atoms with Crippen LogP contribution >= 0.6 is 0 Å². The first-order valence-electron chi connectivity index (χ1n) is 7.95. The van der Waals surface area contributed by atoms with Crippen LogP contribution in [0.1, 0.15) is 44.6 Å². The molecule has 1 atom stereocenters. The maximum atomic E-state index is 13.5. The van der Waals surface area contributed by atoms with E-state index < -0.39 is 0 Å². The highest BCUT2D eigenvalue weighted by molar-refractivity contribution is 5.76. The van der Waals surface area contributed by atoms with E-state index in [1.165, 1.54) is 25.3 Å². The number of nitrogens with zero attached hydrogens (tertiary/aromatic N) is 1. The number of amides is 1. The Bertz CT molecular complexity index is 464. The number of rotatable bonds is 6. The molecule has 1 amide bonds. The first-order chi connectivity index (χ1) is 10.2. The van der Waals surface area contributed by atoms with Crippen molar-refractivity contribution in [2.75, 3.05) is 13.1 Å². The lowest BCUT2D eigenvalue weighted by molar-refractivity contribution is -0.121. The molecular weight excluding hydrogens is 267 g/mol. The van der Waals surface area contributed by atoms with Gasteiger partial charge in [-0.15, -0.1) is 0 Å². The third-order valence-corrected chi connectivity index (χ3v) is 4.28. The van der Waals surface area contributed by atoms with E-state index in [4.69, 9.17) is 0 Å². The quantitative estimate of drug-likeness (QED) is 0.874. The Labute approximate surface area is 126 Å². The van der Waals surface area contributed by atoms with Crippen LogP contribution in [0.4, 0.5) is 4.39 Å². The van der Waals surface area contributed by atoms with Crippen molar-refractivity contribution in [1.29, 1.82) is 0 Å². The van der Waals surface area contributed by atoms with Gasteiger partial charge in [0.25, 0.3) is 0 Å². The highest BCUT2D eigenvalue weighted by Crippen LogP contribution is 2.19. The maximum absolute atomic E-state index is 13.5. The molecule has 0 aromatic heterocycles. The standard InChI is InChI=1S/C17H25FN2O/c1-2-15-8-5-6-11-20(15)12-10-17(21)19-13-14-7-3-4-9-16(14)18/h3-4,7,9,15H,2,5-6,8,10-13H2,1H3,(H,19,21). The van der Waals surface area contributed by atoms with Crippen LogP contribution in [0, 0.1) is 5.82 Å². The first-order valence-corrected chi connectivity index (χ1v) is 7.95. The van der Waals surface area contributed by atoms with Crippen LogP contribution < -0.4 is 5.32 Å². The summed E-state index contributed by atoms with van der Waals surface area (Å²) in [6.07, 6.45) is 5.41. The van der Waals surface area contributed by atoms with E-state index in [-0.39, 0.29) is 18.3 Å². The Balaban J connectivity index is 1.73. The summed E-state index contributed by atoms with van der Waals surface area (Å²) in [7, 11) is 0. The van der Waals surface area contributed by atoms with Gasteiger partial charge in [-0.3, -0.25) is 9.69 Å². The van der Waals surface area contributed by atoms with E-state index in [1.54, 1.807) is 18.2 Å². The number of halogens is 1. The zero-order chi connectivity index (χ0) is 15.1. The third-order valence-electron chi connectivity index (χ3n) is 4.28. The topological polar surface area (TPSA) is 32.3 Å². The second kappa shape index (κ2) is 8.13. The fraction of sp³-hybridized carbons (Fsp3) is 0.588. The lowest BCUT2D eigenvalue weighted by Crippen LogP contribution is -2.41. The molecule has 0 aliphatic carbocycles. The molecule has 1 saturated heterocycles. The van der Waals surface area contributed by atoms with Crippen molar-refractivity contribution in [3.05, 3.63) is 35.6 Å². The number of piperidine rings is 1. The van der Waals surface area contributed by atoms with Gasteiger partial charge in [0.2, 0.25) is 5.91 Å². The second-order valence-electron chi connectivity index (χ2n) is 5.71. The van der Waals surface area contributed by atoms with E-state index >= 15 is 0 Å². The largest absolute Gasteiger partial charge is 0.352 e. The Hall–Kier alpha value is -1.42. The van der Waals surface area contributed by atoms with Gasteiger partial charge in [0.15, 0.2) is 0 Å². The highest BCUT2D eigenvalue weighted by Gasteiger charge is 2.20. The summed E-state index contributed by atoms with van der Waals surface area (Å²) in [6.45, 7) is 4.38. The SMILES string of the molecule is CCC1CCCCN1CCC(=O)NCc1ccccc1F. The van der Waals surface area contributed by atoms with Crippen molar-refractivity contribution >= 4 is 5.91 Å². The highest BCUT2D eigenvalue weighted by atomic mass is 19.1. The Morgan fingerprint density at radius 2 is 2.19 bits per heavy atom. The van der Waals surface area contributed by atoms with Crippen LogP contribution in [0.25, 0.3) is 0 Å². The van der Waals surface area contributed by atoms with Crippen molar-refractivity contribution in [2.45, 2.75) is 51.6 Å². The molecule has 1 N–H and O–H groups in total. The van der Waals surface area contributed by atoms with Gasteiger partial charge in [0, 0.05) is 31.1 Å². The molecule has 1 aliphatic heterocycles. The van der Waals surface area contributed by atoms with E-state index in [9.17, 15) is 9.18 Å². The number of hydrogen-bond donors (Lipinski definition) is 1. The number of likely N-dealkylation sites (tertiary alicyclic amines) is 1. The smallest absolute Gasteiger partial charge is 0.221 e. The summed E-state index contributed by atoms with van der Waals surface area (Å²) in [6, 6.07) is 7.18. The maximum Gasteiger partial charge on any atom is 0.221 e. The van der Waals surface area contributed by atoms with Gasteiger partial charge in [0.05, 0.1) is 0 Å². The third kappa shape index (κ3) is 4.81. The minimum atomic E-state index is -0.264. The molecule has 1 fully saturated rings. The summed E-state index contributed by atoms with van der Waals surface area (Å²) in [5.41, 5.74) is 0.537. The monoisotopic (exact) mass is 292 g/mol. The van der Waals surface area contributed by atoms with Gasteiger partial charge in [-0.05, 0) is 31.9 Å². The number of carbonyl (C=O) groups is 1. The first kappa shape index (κ1) is 16.0. The Morgan fingerprint density at radius 3 is 2.95 bits per heavy atom. The van der Waals surface area contributed by atoms with Gasteiger partial charge in [0.1, 0.15) is 5.82 Å². The number of nitrogens with one attached hydrogen (secondary N) is 1. The average Bonchev–Trinajstić information content (AvgIpc) is 2.52. The minimum absolute atomic E-state index is 0.00122. The van der Waals surface area contributed by atoms with Gasteiger partial charge in [-0.25, -0.2) is 4.39 Å². The zero-order valence-corrected chi connectivity index (χ0v) is 12.8. The lowest BCUT2D eigenvalue weighted by atomic mass is 10.00. The number of hydrogen-bond acceptors (Lipinski definition) is 2. The predicted molar refractivity (Wildman–Crippen MR) is 82.4 cm³/mol.